The van der Waals surface area contributed by atoms with E-state index >= 15 is 0 Å². The fourth-order valence-electron chi connectivity index (χ4n) is 2.38. The number of aliphatic carboxylic acids is 1. The van der Waals surface area contributed by atoms with Gasteiger partial charge in [0.15, 0.2) is 0 Å². The number of carboxylic acids is 1. The lowest BCUT2D eigenvalue weighted by molar-refractivity contribution is -0.142. The summed E-state index contributed by atoms with van der Waals surface area (Å²) >= 11 is 0. The molecule has 1 amide bonds. The molecule has 5 nitrogen and oxygen atoms in total. The molecule has 0 aliphatic heterocycles. The minimum atomic E-state index is -0.929. The molecule has 0 bridgehead atoms. The average Bonchev–Trinajstić information content (AvgIpc) is 2.64. The van der Waals surface area contributed by atoms with Crippen LogP contribution in [0.5, 0.6) is 0 Å². The van der Waals surface area contributed by atoms with E-state index in [4.69, 9.17) is 4.74 Å². The third-order valence-electron chi connectivity index (χ3n) is 3.91. The van der Waals surface area contributed by atoms with Crippen LogP contribution >= 0.6 is 0 Å². The molecule has 0 spiro atoms. The molecule has 2 unspecified atom stereocenters. The molecule has 2 atom stereocenters. The molecule has 0 aliphatic carbocycles. The lowest BCUT2D eigenvalue weighted by Gasteiger charge is -2.17. The quantitative estimate of drug-likeness (QED) is 0.735. The fourth-order valence-corrected chi connectivity index (χ4v) is 2.38. The van der Waals surface area contributed by atoms with Crippen LogP contribution < -0.4 is 5.32 Å². The minimum absolute atomic E-state index is 0.0715. The summed E-state index contributed by atoms with van der Waals surface area (Å²) in [6.45, 7) is 2.06. The Morgan fingerprint density at radius 2 is 1.56 bits per heavy atom. The summed E-state index contributed by atoms with van der Waals surface area (Å²) in [5.74, 6) is -1.91. The van der Waals surface area contributed by atoms with Gasteiger partial charge < -0.3 is 15.2 Å². The lowest BCUT2D eigenvalue weighted by Crippen LogP contribution is -2.39. The Labute approximate surface area is 147 Å². The molecule has 0 heterocycles. The van der Waals surface area contributed by atoms with Crippen molar-refractivity contribution < 1.29 is 19.4 Å². The SMILES string of the molecule is CC(OCc1ccccc1)C(=O)NCC(Cc1ccccc1)C(=O)O. The van der Waals surface area contributed by atoms with Crippen LogP contribution in [-0.4, -0.2) is 29.6 Å². The normalized spacial score (nSPS) is 13.0. The van der Waals surface area contributed by atoms with Crippen LogP contribution in [0.3, 0.4) is 0 Å². The number of amides is 1. The summed E-state index contributed by atoms with van der Waals surface area (Å²) in [6.07, 6.45) is -0.276. The second-order valence-electron chi connectivity index (χ2n) is 5.91. The van der Waals surface area contributed by atoms with Crippen molar-refractivity contribution in [2.75, 3.05) is 6.54 Å². The number of benzene rings is 2. The van der Waals surface area contributed by atoms with Gasteiger partial charge in [-0.15, -0.1) is 0 Å². The number of ether oxygens (including phenoxy) is 1. The molecule has 132 valence electrons. The van der Waals surface area contributed by atoms with E-state index in [-0.39, 0.29) is 12.5 Å². The summed E-state index contributed by atoms with van der Waals surface area (Å²) in [4.78, 5) is 23.5. The third-order valence-corrected chi connectivity index (χ3v) is 3.91. The number of hydrogen-bond acceptors (Lipinski definition) is 3. The summed E-state index contributed by atoms with van der Waals surface area (Å²) in [5, 5.41) is 12.0. The zero-order valence-electron chi connectivity index (χ0n) is 14.2. The Kier molecular flexibility index (Phi) is 7.16. The van der Waals surface area contributed by atoms with Crippen molar-refractivity contribution in [2.45, 2.75) is 26.1 Å². The first-order valence-electron chi connectivity index (χ1n) is 8.26. The van der Waals surface area contributed by atoms with Gasteiger partial charge in [-0.2, -0.15) is 0 Å². The number of carbonyl (C=O) groups is 2. The van der Waals surface area contributed by atoms with Crippen LogP contribution in [0.1, 0.15) is 18.1 Å². The molecule has 0 fully saturated rings. The summed E-state index contributed by atoms with van der Waals surface area (Å²) in [7, 11) is 0. The first kappa shape index (κ1) is 18.7. The standard InChI is InChI=1S/C20H23NO4/c1-15(25-14-17-10-6-3-7-11-17)19(22)21-13-18(20(23)24)12-16-8-4-2-5-9-16/h2-11,15,18H,12-14H2,1H3,(H,21,22)(H,23,24). The number of hydrogen-bond donors (Lipinski definition) is 2. The maximum Gasteiger partial charge on any atom is 0.308 e. The summed E-state index contributed by atoms with van der Waals surface area (Å²) < 4.78 is 5.54. The Bertz CT molecular complexity index is 673. The molecule has 2 aromatic carbocycles. The second-order valence-corrected chi connectivity index (χ2v) is 5.91. The van der Waals surface area contributed by atoms with Crippen molar-refractivity contribution in [2.24, 2.45) is 5.92 Å². The van der Waals surface area contributed by atoms with Gasteiger partial charge in [-0.25, -0.2) is 0 Å². The van der Waals surface area contributed by atoms with Crippen LogP contribution in [0.2, 0.25) is 0 Å². The molecular weight excluding hydrogens is 318 g/mol. The van der Waals surface area contributed by atoms with Gasteiger partial charge in [-0.3, -0.25) is 9.59 Å². The first-order valence-corrected chi connectivity index (χ1v) is 8.26. The summed E-state index contributed by atoms with van der Waals surface area (Å²) in [6, 6.07) is 18.9. The van der Waals surface area contributed by atoms with Crippen molar-refractivity contribution in [1.82, 2.24) is 5.32 Å². The van der Waals surface area contributed by atoms with Crippen molar-refractivity contribution in [3.05, 3.63) is 71.8 Å². The molecule has 2 aromatic rings. The molecule has 0 saturated carbocycles. The smallest absolute Gasteiger partial charge is 0.308 e. The Morgan fingerprint density at radius 1 is 1.00 bits per heavy atom. The highest BCUT2D eigenvalue weighted by Crippen LogP contribution is 2.09. The van der Waals surface area contributed by atoms with Crippen molar-refractivity contribution in [3.63, 3.8) is 0 Å². The van der Waals surface area contributed by atoms with Crippen molar-refractivity contribution >= 4 is 11.9 Å². The molecule has 2 N–H and O–H groups in total. The number of nitrogens with one attached hydrogen (secondary N) is 1. The van der Waals surface area contributed by atoms with E-state index in [2.05, 4.69) is 5.32 Å². The van der Waals surface area contributed by atoms with E-state index in [0.29, 0.717) is 13.0 Å². The highest BCUT2D eigenvalue weighted by Gasteiger charge is 2.21. The Hall–Kier alpha value is -2.66. The van der Waals surface area contributed by atoms with E-state index in [1.54, 1.807) is 6.92 Å². The zero-order valence-corrected chi connectivity index (χ0v) is 14.2. The monoisotopic (exact) mass is 341 g/mol. The van der Waals surface area contributed by atoms with E-state index in [1.165, 1.54) is 0 Å². The largest absolute Gasteiger partial charge is 0.481 e. The molecule has 5 heteroatoms. The van der Waals surface area contributed by atoms with E-state index < -0.39 is 18.0 Å². The van der Waals surface area contributed by atoms with Gasteiger partial charge in [0.25, 0.3) is 0 Å². The first-order chi connectivity index (χ1) is 12.1. The van der Waals surface area contributed by atoms with Crippen LogP contribution in [0.15, 0.2) is 60.7 Å². The van der Waals surface area contributed by atoms with E-state index in [0.717, 1.165) is 11.1 Å². The van der Waals surface area contributed by atoms with Gasteiger partial charge in [0.2, 0.25) is 5.91 Å². The lowest BCUT2D eigenvalue weighted by atomic mass is 9.99. The van der Waals surface area contributed by atoms with Gasteiger partial charge >= 0.3 is 5.97 Å². The van der Waals surface area contributed by atoms with Gasteiger partial charge in [0.1, 0.15) is 6.10 Å². The Morgan fingerprint density at radius 3 is 2.12 bits per heavy atom. The molecule has 0 aliphatic rings. The summed E-state index contributed by atoms with van der Waals surface area (Å²) in [5.41, 5.74) is 1.91. The zero-order chi connectivity index (χ0) is 18.1. The van der Waals surface area contributed by atoms with Crippen LogP contribution in [-0.2, 0) is 27.4 Å². The van der Waals surface area contributed by atoms with E-state index in [1.807, 2.05) is 60.7 Å². The minimum Gasteiger partial charge on any atom is -0.481 e. The third kappa shape index (κ3) is 6.39. The van der Waals surface area contributed by atoms with Gasteiger partial charge in [0.05, 0.1) is 12.5 Å². The van der Waals surface area contributed by atoms with Crippen molar-refractivity contribution in [3.8, 4) is 0 Å². The van der Waals surface area contributed by atoms with Gasteiger partial charge in [0, 0.05) is 6.54 Å². The average molecular weight is 341 g/mol. The molecule has 25 heavy (non-hydrogen) atoms. The molecule has 0 radical (unpaired) electrons. The number of carbonyl (C=O) groups excluding carboxylic acids is 1. The molecular formula is C20H23NO4. The number of carboxylic acid groups (broad SMARTS) is 1. The van der Waals surface area contributed by atoms with Gasteiger partial charge in [-0.05, 0) is 24.5 Å². The maximum absolute atomic E-state index is 12.1. The van der Waals surface area contributed by atoms with Gasteiger partial charge in [-0.1, -0.05) is 60.7 Å². The highest BCUT2D eigenvalue weighted by molar-refractivity contribution is 5.81. The van der Waals surface area contributed by atoms with Crippen LogP contribution in [0, 0.1) is 5.92 Å². The fraction of sp³-hybridized carbons (Fsp3) is 0.300. The number of rotatable bonds is 9. The topological polar surface area (TPSA) is 75.6 Å². The van der Waals surface area contributed by atoms with Crippen molar-refractivity contribution in [1.29, 1.82) is 0 Å². The van der Waals surface area contributed by atoms with Crippen LogP contribution in [0.25, 0.3) is 0 Å². The Balaban J connectivity index is 1.80. The molecule has 0 saturated heterocycles. The van der Waals surface area contributed by atoms with E-state index in [9.17, 15) is 14.7 Å². The van der Waals surface area contributed by atoms with Crippen LogP contribution in [0.4, 0.5) is 0 Å². The molecule has 2 rings (SSSR count). The predicted octanol–water partition coefficient (Wildman–Crippen LogP) is 2.65. The second kappa shape index (κ2) is 9.59. The highest BCUT2D eigenvalue weighted by atomic mass is 16.5. The predicted molar refractivity (Wildman–Crippen MR) is 95.0 cm³/mol. The molecule has 0 aromatic heterocycles. The maximum atomic E-state index is 12.1.